The van der Waals surface area contributed by atoms with Crippen molar-refractivity contribution in [2.45, 2.75) is 98.2 Å². The monoisotopic (exact) mass is 417 g/mol. The summed E-state index contributed by atoms with van der Waals surface area (Å²) < 4.78 is 0. The fourth-order valence-electron chi connectivity index (χ4n) is 3.09. The van der Waals surface area contributed by atoms with Crippen LogP contribution in [0.15, 0.2) is 18.2 Å². The molecule has 0 saturated heterocycles. The van der Waals surface area contributed by atoms with Crippen molar-refractivity contribution in [2.24, 2.45) is 0 Å². The molecule has 0 saturated carbocycles. The minimum Gasteiger partial charge on any atom is -0.351 e. The zero-order valence-corrected chi connectivity index (χ0v) is 20.1. The summed E-state index contributed by atoms with van der Waals surface area (Å²) in [6.07, 6.45) is 0.583. The van der Waals surface area contributed by atoms with Crippen LogP contribution >= 0.6 is 0 Å². The summed E-state index contributed by atoms with van der Waals surface area (Å²) in [6, 6.07) is 5.61. The Morgan fingerprint density at radius 1 is 0.533 bits per heavy atom. The van der Waals surface area contributed by atoms with Gasteiger partial charge < -0.3 is 16.0 Å². The number of hydrogen-bond donors (Lipinski definition) is 3. The van der Waals surface area contributed by atoms with E-state index < -0.39 is 0 Å². The molecule has 6 heteroatoms. The maximum atomic E-state index is 12.4. The minimum atomic E-state index is -0.323. The molecule has 0 heterocycles. The largest absolute Gasteiger partial charge is 0.351 e. The summed E-state index contributed by atoms with van der Waals surface area (Å²) in [6.45, 7) is 17.4. The molecule has 1 aromatic carbocycles. The number of carbonyl (C=O) groups is 3. The molecule has 168 valence electrons. The van der Waals surface area contributed by atoms with E-state index in [-0.39, 0.29) is 53.6 Å². The molecule has 0 bridgehead atoms. The molecule has 0 spiro atoms. The van der Waals surface area contributed by atoms with Crippen molar-refractivity contribution in [1.29, 1.82) is 0 Å². The highest BCUT2D eigenvalue weighted by Crippen LogP contribution is 2.15. The Morgan fingerprint density at radius 2 is 0.733 bits per heavy atom. The molecule has 0 fully saturated rings. The highest BCUT2D eigenvalue weighted by Gasteiger charge is 2.18. The van der Waals surface area contributed by atoms with E-state index in [0.29, 0.717) is 0 Å². The lowest BCUT2D eigenvalue weighted by atomic mass is 9.98. The van der Waals surface area contributed by atoms with Crippen molar-refractivity contribution in [3.05, 3.63) is 34.9 Å². The molecule has 0 atom stereocenters. The van der Waals surface area contributed by atoms with Gasteiger partial charge in [-0.25, -0.2) is 0 Å². The SMILES string of the molecule is CC(C)(C)NC(=O)Cc1cc(CC(=O)NC(C)(C)C)cc(CC(=O)NC(C)(C)C)c1. The molecule has 0 aliphatic rings. The second-order valence-electron chi connectivity index (χ2n) is 11.1. The number of benzene rings is 1. The average molecular weight is 418 g/mol. The van der Waals surface area contributed by atoms with Gasteiger partial charge in [0, 0.05) is 16.6 Å². The number of hydrogen-bond acceptors (Lipinski definition) is 3. The van der Waals surface area contributed by atoms with Crippen LogP contribution in [-0.2, 0) is 33.6 Å². The zero-order valence-electron chi connectivity index (χ0n) is 20.1. The number of rotatable bonds is 6. The van der Waals surface area contributed by atoms with E-state index in [9.17, 15) is 14.4 Å². The number of nitrogens with one attached hydrogen (secondary N) is 3. The Balaban J connectivity index is 3.09. The highest BCUT2D eigenvalue weighted by atomic mass is 16.2. The van der Waals surface area contributed by atoms with Gasteiger partial charge >= 0.3 is 0 Å². The van der Waals surface area contributed by atoms with Crippen molar-refractivity contribution in [3.63, 3.8) is 0 Å². The zero-order chi connectivity index (χ0) is 23.3. The van der Waals surface area contributed by atoms with Crippen LogP contribution in [0.5, 0.6) is 0 Å². The molecule has 6 nitrogen and oxygen atoms in total. The van der Waals surface area contributed by atoms with E-state index in [4.69, 9.17) is 0 Å². The molecular weight excluding hydrogens is 378 g/mol. The Morgan fingerprint density at radius 3 is 0.900 bits per heavy atom. The first kappa shape index (κ1) is 25.7. The van der Waals surface area contributed by atoms with Crippen molar-refractivity contribution in [3.8, 4) is 0 Å². The smallest absolute Gasteiger partial charge is 0.224 e. The third-order valence-electron chi connectivity index (χ3n) is 3.75. The van der Waals surface area contributed by atoms with Gasteiger partial charge in [-0.15, -0.1) is 0 Å². The molecule has 1 aromatic rings. The topological polar surface area (TPSA) is 87.3 Å². The maximum absolute atomic E-state index is 12.4. The van der Waals surface area contributed by atoms with Crippen molar-refractivity contribution < 1.29 is 14.4 Å². The number of amides is 3. The molecule has 1 rings (SSSR count). The van der Waals surface area contributed by atoms with E-state index in [1.807, 2.05) is 80.5 Å². The van der Waals surface area contributed by atoms with Gasteiger partial charge in [-0.05, 0) is 79.0 Å². The molecule has 0 aliphatic carbocycles. The molecule has 3 amide bonds. The fraction of sp³-hybridized carbons (Fsp3) is 0.625. The van der Waals surface area contributed by atoms with Crippen LogP contribution in [0.1, 0.15) is 79.0 Å². The van der Waals surface area contributed by atoms with Crippen LogP contribution in [0, 0.1) is 0 Å². The lowest BCUT2D eigenvalue weighted by Gasteiger charge is -2.22. The first-order valence-electron chi connectivity index (χ1n) is 10.5. The van der Waals surface area contributed by atoms with Gasteiger partial charge in [0.1, 0.15) is 0 Å². The number of carbonyl (C=O) groups excluding carboxylic acids is 3. The Hall–Kier alpha value is -2.37. The minimum absolute atomic E-state index is 0.0936. The van der Waals surface area contributed by atoms with E-state index in [0.717, 1.165) is 16.7 Å². The predicted octanol–water partition coefficient (Wildman–Crippen LogP) is 3.06. The van der Waals surface area contributed by atoms with Gasteiger partial charge in [-0.2, -0.15) is 0 Å². The molecule has 0 radical (unpaired) electrons. The second kappa shape index (κ2) is 9.63. The van der Waals surface area contributed by atoms with Crippen molar-refractivity contribution in [2.75, 3.05) is 0 Å². The van der Waals surface area contributed by atoms with E-state index in [2.05, 4.69) is 16.0 Å². The van der Waals surface area contributed by atoms with Gasteiger partial charge in [-0.1, -0.05) is 18.2 Å². The quantitative estimate of drug-likeness (QED) is 0.665. The van der Waals surface area contributed by atoms with Gasteiger partial charge in [0.25, 0.3) is 0 Å². The highest BCUT2D eigenvalue weighted by molar-refractivity contribution is 5.82. The van der Waals surface area contributed by atoms with Gasteiger partial charge in [0.2, 0.25) is 17.7 Å². The van der Waals surface area contributed by atoms with Gasteiger partial charge in [0.05, 0.1) is 19.3 Å². The van der Waals surface area contributed by atoms with E-state index in [1.165, 1.54) is 0 Å². The normalized spacial score (nSPS) is 12.3. The van der Waals surface area contributed by atoms with Crippen LogP contribution in [0.4, 0.5) is 0 Å². The lowest BCUT2D eigenvalue weighted by Crippen LogP contribution is -2.42. The van der Waals surface area contributed by atoms with Crippen LogP contribution in [0.3, 0.4) is 0 Å². The van der Waals surface area contributed by atoms with Crippen LogP contribution in [0.25, 0.3) is 0 Å². The molecular formula is C24H39N3O3. The first-order valence-corrected chi connectivity index (χ1v) is 10.5. The van der Waals surface area contributed by atoms with Gasteiger partial charge in [0.15, 0.2) is 0 Å². The Labute approximate surface area is 181 Å². The summed E-state index contributed by atoms with van der Waals surface area (Å²) >= 11 is 0. The van der Waals surface area contributed by atoms with Crippen LogP contribution in [0.2, 0.25) is 0 Å². The Kier molecular flexibility index (Phi) is 8.24. The third-order valence-corrected chi connectivity index (χ3v) is 3.75. The van der Waals surface area contributed by atoms with Crippen LogP contribution in [-0.4, -0.2) is 34.3 Å². The molecule has 0 aromatic heterocycles. The predicted molar refractivity (Wildman–Crippen MR) is 121 cm³/mol. The van der Waals surface area contributed by atoms with Crippen LogP contribution < -0.4 is 16.0 Å². The fourth-order valence-corrected chi connectivity index (χ4v) is 3.09. The molecule has 0 aliphatic heterocycles. The average Bonchev–Trinajstić information content (AvgIpc) is 2.39. The lowest BCUT2D eigenvalue weighted by molar-refractivity contribution is -0.122. The summed E-state index contributed by atoms with van der Waals surface area (Å²) in [4.78, 5) is 37.2. The summed E-state index contributed by atoms with van der Waals surface area (Å²) in [5.74, 6) is -0.281. The third kappa shape index (κ3) is 11.6. The first-order chi connectivity index (χ1) is 13.4. The molecule has 3 N–H and O–H groups in total. The molecule has 0 unspecified atom stereocenters. The Bertz CT molecular complexity index is 661. The van der Waals surface area contributed by atoms with Crippen molar-refractivity contribution >= 4 is 17.7 Å². The standard InChI is InChI=1S/C24H39N3O3/c1-22(2,3)25-19(28)13-16-10-17(14-20(29)26-23(4,5)6)12-18(11-16)15-21(30)27-24(7,8)9/h10-12H,13-15H2,1-9H3,(H,25,28)(H,26,29)(H,27,30). The molecule has 30 heavy (non-hydrogen) atoms. The van der Waals surface area contributed by atoms with E-state index >= 15 is 0 Å². The summed E-state index contributed by atoms with van der Waals surface area (Å²) in [5.41, 5.74) is 1.40. The second-order valence-corrected chi connectivity index (χ2v) is 11.1. The summed E-state index contributed by atoms with van der Waals surface area (Å²) in [5, 5.41) is 8.86. The summed E-state index contributed by atoms with van der Waals surface area (Å²) in [7, 11) is 0. The van der Waals surface area contributed by atoms with Crippen molar-refractivity contribution in [1.82, 2.24) is 16.0 Å². The van der Waals surface area contributed by atoms with Gasteiger partial charge in [-0.3, -0.25) is 14.4 Å². The maximum Gasteiger partial charge on any atom is 0.224 e. The van der Waals surface area contributed by atoms with E-state index in [1.54, 1.807) is 0 Å².